The second kappa shape index (κ2) is 6.64. The van der Waals surface area contributed by atoms with Crippen LogP contribution in [0.3, 0.4) is 0 Å². The monoisotopic (exact) mass is 274 g/mol. The highest BCUT2D eigenvalue weighted by Crippen LogP contribution is 2.35. The number of para-hydroxylation sites is 1. The second-order valence-corrected chi connectivity index (χ2v) is 5.36. The molecule has 19 heavy (non-hydrogen) atoms. The summed E-state index contributed by atoms with van der Waals surface area (Å²) in [6, 6.07) is 16.0. The van der Waals surface area contributed by atoms with Gasteiger partial charge < -0.3 is 9.84 Å². The highest BCUT2D eigenvalue weighted by atomic mass is 32.2. The lowest BCUT2D eigenvalue weighted by atomic mass is 10.1. The maximum atomic E-state index is 9.77. The number of rotatable bonds is 5. The smallest absolute Gasteiger partial charge is 0.132 e. The summed E-state index contributed by atoms with van der Waals surface area (Å²) >= 11 is 1.66. The molecule has 2 aromatic rings. The Bertz CT molecular complexity index is 523. The van der Waals surface area contributed by atoms with Crippen LogP contribution in [-0.4, -0.2) is 12.2 Å². The van der Waals surface area contributed by atoms with Crippen LogP contribution in [0, 0.1) is 0 Å². The lowest BCUT2D eigenvalue weighted by Crippen LogP contribution is -1.94. The van der Waals surface area contributed by atoms with Crippen molar-refractivity contribution in [3.8, 4) is 5.75 Å². The molecule has 0 aliphatic heterocycles. The van der Waals surface area contributed by atoms with E-state index in [4.69, 9.17) is 4.74 Å². The molecule has 0 unspecified atom stereocenters. The first-order chi connectivity index (χ1) is 9.24. The number of benzene rings is 2. The van der Waals surface area contributed by atoms with Crippen molar-refractivity contribution in [2.45, 2.75) is 29.2 Å². The summed E-state index contributed by atoms with van der Waals surface area (Å²) in [5.74, 6) is 0.880. The van der Waals surface area contributed by atoms with Crippen molar-refractivity contribution in [3.05, 3.63) is 54.1 Å². The van der Waals surface area contributed by atoms with Gasteiger partial charge in [0.25, 0.3) is 0 Å². The van der Waals surface area contributed by atoms with E-state index in [1.165, 1.54) is 0 Å². The summed E-state index contributed by atoms with van der Waals surface area (Å²) < 4.78 is 5.34. The minimum atomic E-state index is -0.370. The molecule has 1 atom stereocenters. The third-order valence-corrected chi connectivity index (χ3v) is 4.01. The van der Waals surface area contributed by atoms with Crippen molar-refractivity contribution in [2.24, 2.45) is 0 Å². The van der Waals surface area contributed by atoms with E-state index in [1.807, 2.05) is 55.5 Å². The lowest BCUT2D eigenvalue weighted by Gasteiger charge is -2.10. The Morgan fingerprint density at radius 3 is 2.42 bits per heavy atom. The number of hydrogen-bond donors (Lipinski definition) is 1. The van der Waals surface area contributed by atoms with Gasteiger partial charge >= 0.3 is 0 Å². The summed E-state index contributed by atoms with van der Waals surface area (Å²) in [6.07, 6.45) is 0.365. The molecule has 0 bridgehead atoms. The summed E-state index contributed by atoms with van der Waals surface area (Å²) in [6.45, 7) is 1.97. The fourth-order valence-electron chi connectivity index (χ4n) is 1.82. The van der Waals surface area contributed by atoms with Crippen molar-refractivity contribution in [3.63, 3.8) is 0 Å². The van der Waals surface area contributed by atoms with Crippen LogP contribution in [0.15, 0.2) is 58.3 Å². The van der Waals surface area contributed by atoms with Crippen LogP contribution in [0.4, 0.5) is 0 Å². The number of hydrogen-bond acceptors (Lipinski definition) is 3. The van der Waals surface area contributed by atoms with Gasteiger partial charge in [0, 0.05) is 4.90 Å². The predicted octanol–water partition coefficient (Wildman–Crippen LogP) is 4.29. The van der Waals surface area contributed by atoms with E-state index in [0.29, 0.717) is 0 Å². The van der Waals surface area contributed by atoms with E-state index in [2.05, 4.69) is 0 Å². The average molecular weight is 274 g/mol. The molecule has 0 spiro atoms. The molecule has 0 amide bonds. The van der Waals surface area contributed by atoms with E-state index >= 15 is 0 Å². The van der Waals surface area contributed by atoms with Gasteiger partial charge in [-0.1, -0.05) is 43.0 Å². The van der Waals surface area contributed by atoms with E-state index in [-0.39, 0.29) is 6.10 Å². The normalized spacial score (nSPS) is 12.2. The fraction of sp³-hybridized carbons (Fsp3) is 0.250. The molecule has 0 saturated heterocycles. The SMILES string of the molecule is CC[C@H](O)c1ccc(Sc2ccccc2OC)cc1. The second-order valence-electron chi connectivity index (χ2n) is 4.25. The zero-order chi connectivity index (χ0) is 13.7. The molecule has 3 heteroatoms. The van der Waals surface area contributed by atoms with Crippen LogP contribution in [0.5, 0.6) is 5.75 Å². The molecule has 2 nitrogen and oxygen atoms in total. The highest BCUT2D eigenvalue weighted by Gasteiger charge is 2.06. The largest absolute Gasteiger partial charge is 0.496 e. The van der Waals surface area contributed by atoms with E-state index in [0.717, 1.165) is 27.5 Å². The Hall–Kier alpha value is -1.45. The van der Waals surface area contributed by atoms with Crippen LogP contribution < -0.4 is 4.74 Å². The minimum Gasteiger partial charge on any atom is -0.496 e. The molecule has 100 valence electrons. The van der Waals surface area contributed by atoms with Crippen LogP contribution in [-0.2, 0) is 0 Å². The Balaban J connectivity index is 2.15. The third kappa shape index (κ3) is 3.52. The zero-order valence-electron chi connectivity index (χ0n) is 11.2. The summed E-state index contributed by atoms with van der Waals surface area (Å²) in [7, 11) is 1.68. The Morgan fingerprint density at radius 1 is 1.11 bits per heavy atom. The van der Waals surface area contributed by atoms with E-state index in [1.54, 1.807) is 18.9 Å². The predicted molar refractivity (Wildman–Crippen MR) is 78.8 cm³/mol. The van der Waals surface area contributed by atoms with Gasteiger partial charge in [-0.15, -0.1) is 0 Å². The Kier molecular flexibility index (Phi) is 4.88. The summed E-state index contributed by atoms with van der Waals surface area (Å²) in [5.41, 5.74) is 0.965. The van der Waals surface area contributed by atoms with Crippen molar-refractivity contribution < 1.29 is 9.84 Å². The van der Waals surface area contributed by atoms with Gasteiger partial charge in [0.15, 0.2) is 0 Å². The first-order valence-corrected chi connectivity index (χ1v) is 7.15. The topological polar surface area (TPSA) is 29.5 Å². The van der Waals surface area contributed by atoms with Gasteiger partial charge in [0.05, 0.1) is 18.1 Å². The number of methoxy groups -OCH3 is 1. The molecule has 0 aromatic heterocycles. The fourth-order valence-corrected chi connectivity index (χ4v) is 2.75. The molecular formula is C16H18O2S. The first kappa shape index (κ1) is 14.0. The van der Waals surface area contributed by atoms with Crippen LogP contribution in [0.25, 0.3) is 0 Å². The van der Waals surface area contributed by atoms with Gasteiger partial charge in [-0.2, -0.15) is 0 Å². The molecule has 0 aliphatic carbocycles. The number of aliphatic hydroxyl groups excluding tert-OH is 1. The maximum absolute atomic E-state index is 9.77. The highest BCUT2D eigenvalue weighted by molar-refractivity contribution is 7.99. The Morgan fingerprint density at radius 2 is 1.79 bits per heavy atom. The van der Waals surface area contributed by atoms with Crippen molar-refractivity contribution >= 4 is 11.8 Å². The molecule has 1 N–H and O–H groups in total. The molecule has 0 heterocycles. The van der Waals surface area contributed by atoms with Crippen LogP contribution >= 0.6 is 11.8 Å². The van der Waals surface area contributed by atoms with Crippen LogP contribution in [0.1, 0.15) is 25.0 Å². The number of aliphatic hydroxyl groups is 1. The molecule has 0 radical (unpaired) electrons. The van der Waals surface area contributed by atoms with Crippen molar-refractivity contribution in [1.29, 1.82) is 0 Å². The summed E-state index contributed by atoms with van der Waals surface area (Å²) in [4.78, 5) is 2.23. The first-order valence-electron chi connectivity index (χ1n) is 6.33. The standard InChI is InChI=1S/C16H18O2S/c1-3-14(17)12-8-10-13(11-9-12)19-16-7-5-4-6-15(16)18-2/h4-11,14,17H,3H2,1-2H3/t14-/m0/s1. The van der Waals surface area contributed by atoms with Gasteiger partial charge in [-0.3, -0.25) is 0 Å². The minimum absolute atomic E-state index is 0.370. The maximum Gasteiger partial charge on any atom is 0.132 e. The average Bonchev–Trinajstić information content (AvgIpc) is 2.48. The molecule has 0 fully saturated rings. The van der Waals surface area contributed by atoms with Crippen molar-refractivity contribution in [2.75, 3.05) is 7.11 Å². The van der Waals surface area contributed by atoms with Crippen molar-refractivity contribution in [1.82, 2.24) is 0 Å². The van der Waals surface area contributed by atoms with Gasteiger partial charge in [-0.25, -0.2) is 0 Å². The molecule has 0 saturated carbocycles. The molecule has 2 rings (SSSR count). The lowest BCUT2D eigenvalue weighted by molar-refractivity contribution is 0.173. The van der Waals surface area contributed by atoms with Crippen LogP contribution in [0.2, 0.25) is 0 Å². The Labute approximate surface area is 118 Å². The van der Waals surface area contributed by atoms with E-state index in [9.17, 15) is 5.11 Å². The quantitative estimate of drug-likeness (QED) is 0.882. The van der Waals surface area contributed by atoms with Gasteiger partial charge in [0.1, 0.15) is 5.75 Å². The summed E-state index contributed by atoms with van der Waals surface area (Å²) in [5, 5.41) is 9.77. The number of ether oxygens (including phenoxy) is 1. The molecule has 2 aromatic carbocycles. The van der Waals surface area contributed by atoms with E-state index < -0.39 is 0 Å². The van der Waals surface area contributed by atoms with Gasteiger partial charge in [0.2, 0.25) is 0 Å². The van der Waals surface area contributed by atoms with Gasteiger partial charge in [-0.05, 0) is 36.2 Å². The molecule has 0 aliphatic rings. The third-order valence-electron chi connectivity index (χ3n) is 2.95. The molecular weight excluding hydrogens is 256 g/mol. The zero-order valence-corrected chi connectivity index (χ0v) is 12.0.